The van der Waals surface area contributed by atoms with Crippen molar-refractivity contribution in [2.24, 2.45) is 0 Å². The van der Waals surface area contributed by atoms with Gasteiger partial charge in [-0.25, -0.2) is 4.39 Å². The molecule has 3 heteroatoms. The van der Waals surface area contributed by atoms with Crippen molar-refractivity contribution in [3.63, 3.8) is 0 Å². The van der Waals surface area contributed by atoms with Gasteiger partial charge in [0.15, 0.2) is 0 Å². The van der Waals surface area contributed by atoms with Crippen LogP contribution in [-0.4, -0.2) is 6.54 Å². The van der Waals surface area contributed by atoms with Crippen LogP contribution in [-0.2, 0) is 6.42 Å². The van der Waals surface area contributed by atoms with Gasteiger partial charge in [0.05, 0.1) is 5.02 Å². The highest BCUT2D eigenvalue weighted by molar-refractivity contribution is 6.33. The molecule has 0 fully saturated rings. The van der Waals surface area contributed by atoms with Gasteiger partial charge in [-0.1, -0.05) is 23.7 Å². The summed E-state index contributed by atoms with van der Waals surface area (Å²) in [5.41, 5.74) is 4.39. The molecule has 0 spiro atoms. The number of halogens is 2. The summed E-state index contributed by atoms with van der Waals surface area (Å²) < 4.78 is 13.0. The van der Waals surface area contributed by atoms with E-state index in [2.05, 4.69) is 17.4 Å². The number of aryl methyl sites for hydroxylation is 1. The van der Waals surface area contributed by atoms with E-state index in [9.17, 15) is 4.39 Å². The maximum Gasteiger partial charge on any atom is 0.124 e. The number of nitrogens with one attached hydrogen (secondary N) is 1. The highest BCUT2D eigenvalue weighted by Gasteiger charge is 2.11. The maximum absolute atomic E-state index is 13.0. The first-order valence-electron chi connectivity index (χ1n) is 6.06. The number of anilines is 1. The zero-order valence-corrected chi connectivity index (χ0v) is 10.6. The SMILES string of the molecule is Fc1ccc(-c2ccc3c(c2)NCCC3)c(Cl)c1. The Labute approximate surface area is 111 Å². The average Bonchev–Trinajstić information content (AvgIpc) is 2.38. The Bertz CT molecular complexity index is 595. The Balaban J connectivity index is 2.06. The van der Waals surface area contributed by atoms with Crippen LogP contribution in [0, 0.1) is 5.82 Å². The fourth-order valence-electron chi connectivity index (χ4n) is 2.35. The lowest BCUT2D eigenvalue weighted by Crippen LogP contribution is -2.11. The number of hydrogen-bond donors (Lipinski definition) is 1. The normalized spacial score (nSPS) is 13.9. The fourth-order valence-corrected chi connectivity index (χ4v) is 2.63. The third-order valence-electron chi connectivity index (χ3n) is 3.29. The zero-order chi connectivity index (χ0) is 12.5. The van der Waals surface area contributed by atoms with Gasteiger partial charge in [0, 0.05) is 17.8 Å². The molecule has 0 saturated carbocycles. The summed E-state index contributed by atoms with van der Waals surface area (Å²) in [5, 5.41) is 3.84. The average molecular weight is 262 g/mol. The molecule has 0 aromatic heterocycles. The molecular weight excluding hydrogens is 249 g/mol. The van der Waals surface area contributed by atoms with Gasteiger partial charge < -0.3 is 5.32 Å². The van der Waals surface area contributed by atoms with Crippen LogP contribution in [0.4, 0.5) is 10.1 Å². The smallest absolute Gasteiger partial charge is 0.124 e. The molecule has 0 atom stereocenters. The molecule has 0 unspecified atom stereocenters. The van der Waals surface area contributed by atoms with E-state index in [1.54, 1.807) is 6.07 Å². The molecule has 3 rings (SSSR count). The Morgan fingerprint density at radius 3 is 2.83 bits per heavy atom. The van der Waals surface area contributed by atoms with Crippen molar-refractivity contribution < 1.29 is 4.39 Å². The van der Waals surface area contributed by atoms with Crippen LogP contribution in [0.2, 0.25) is 5.02 Å². The first kappa shape index (κ1) is 11.5. The van der Waals surface area contributed by atoms with Gasteiger partial charge in [0.1, 0.15) is 5.82 Å². The molecule has 1 aliphatic rings. The first-order chi connectivity index (χ1) is 8.74. The molecule has 0 radical (unpaired) electrons. The van der Waals surface area contributed by atoms with Crippen LogP contribution in [0.5, 0.6) is 0 Å². The van der Waals surface area contributed by atoms with E-state index < -0.39 is 0 Å². The Hall–Kier alpha value is -1.54. The summed E-state index contributed by atoms with van der Waals surface area (Å²) in [6.07, 6.45) is 2.28. The summed E-state index contributed by atoms with van der Waals surface area (Å²) in [4.78, 5) is 0. The minimum Gasteiger partial charge on any atom is -0.385 e. The maximum atomic E-state index is 13.0. The van der Waals surface area contributed by atoms with Crippen molar-refractivity contribution in [1.29, 1.82) is 0 Å². The molecule has 2 aromatic rings. The van der Waals surface area contributed by atoms with E-state index in [1.165, 1.54) is 29.8 Å². The van der Waals surface area contributed by atoms with Crippen molar-refractivity contribution in [3.8, 4) is 11.1 Å². The third kappa shape index (κ3) is 2.08. The quantitative estimate of drug-likeness (QED) is 0.797. The van der Waals surface area contributed by atoms with Crippen LogP contribution in [0.3, 0.4) is 0 Å². The molecule has 0 saturated heterocycles. The molecule has 0 bridgehead atoms. The van der Waals surface area contributed by atoms with Crippen molar-refractivity contribution >= 4 is 17.3 Å². The van der Waals surface area contributed by atoms with E-state index >= 15 is 0 Å². The number of benzene rings is 2. The predicted molar refractivity (Wildman–Crippen MR) is 73.7 cm³/mol. The Morgan fingerprint density at radius 2 is 2.00 bits per heavy atom. The topological polar surface area (TPSA) is 12.0 Å². The number of rotatable bonds is 1. The van der Waals surface area contributed by atoms with Gasteiger partial charge in [0.2, 0.25) is 0 Å². The number of fused-ring (bicyclic) bond motifs is 1. The molecule has 1 N–H and O–H groups in total. The van der Waals surface area contributed by atoms with E-state index in [0.717, 1.165) is 24.1 Å². The summed E-state index contributed by atoms with van der Waals surface area (Å²) in [6, 6.07) is 10.8. The van der Waals surface area contributed by atoms with Gasteiger partial charge in [-0.3, -0.25) is 0 Å². The summed E-state index contributed by atoms with van der Waals surface area (Å²) in [6.45, 7) is 1.01. The second kappa shape index (κ2) is 4.62. The van der Waals surface area contributed by atoms with Crippen LogP contribution >= 0.6 is 11.6 Å². The molecule has 0 amide bonds. The van der Waals surface area contributed by atoms with Crippen LogP contribution in [0.1, 0.15) is 12.0 Å². The van der Waals surface area contributed by atoms with Crippen molar-refractivity contribution in [2.75, 3.05) is 11.9 Å². The standard InChI is InChI=1S/C15H13ClFN/c16-14-9-12(17)5-6-13(14)11-4-3-10-2-1-7-18-15(10)8-11/h3-6,8-9,18H,1-2,7H2. The highest BCUT2D eigenvalue weighted by Crippen LogP contribution is 2.32. The number of hydrogen-bond acceptors (Lipinski definition) is 1. The highest BCUT2D eigenvalue weighted by atomic mass is 35.5. The van der Waals surface area contributed by atoms with Gasteiger partial charge >= 0.3 is 0 Å². The first-order valence-corrected chi connectivity index (χ1v) is 6.44. The fraction of sp³-hybridized carbons (Fsp3) is 0.200. The molecule has 1 heterocycles. The van der Waals surface area contributed by atoms with E-state index in [4.69, 9.17) is 11.6 Å². The molecule has 1 aliphatic heterocycles. The van der Waals surface area contributed by atoms with Crippen molar-refractivity contribution in [1.82, 2.24) is 0 Å². The third-order valence-corrected chi connectivity index (χ3v) is 3.60. The van der Waals surface area contributed by atoms with Crippen LogP contribution in [0.15, 0.2) is 36.4 Å². The molecule has 18 heavy (non-hydrogen) atoms. The molecule has 2 aromatic carbocycles. The minimum absolute atomic E-state index is 0.306. The zero-order valence-electron chi connectivity index (χ0n) is 9.84. The van der Waals surface area contributed by atoms with Gasteiger partial charge in [-0.05, 0) is 48.2 Å². The second-order valence-corrected chi connectivity index (χ2v) is 4.93. The summed E-state index contributed by atoms with van der Waals surface area (Å²) in [5.74, 6) is -0.306. The second-order valence-electron chi connectivity index (χ2n) is 4.53. The van der Waals surface area contributed by atoms with Crippen molar-refractivity contribution in [3.05, 3.63) is 52.8 Å². The van der Waals surface area contributed by atoms with Gasteiger partial charge in [-0.15, -0.1) is 0 Å². The Kier molecular flexibility index (Phi) is 2.96. The van der Waals surface area contributed by atoms with Crippen LogP contribution in [0.25, 0.3) is 11.1 Å². The van der Waals surface area contributed by atoms with E-state index in [-0.39, 0.29) is 5.82 Å². The minimum atomic E-state index is -0.306. The molecule has 0 aliphatic carbocycles. The lowest BCUT2D eigenvalue weighted by molar-refractivity contribution is 0.628. The largest absolute Gasteiger partial charge is 0.385 e. The molecule has 1 nitrogen and oxygen atoms in total. The Morgan fingerprint density at radius 1 is 1.11 bits per heavy atom. The van der Waals surface area contributed by atoms with Crippen molar-refractivity contribution in [2.45, 2.75) is 12.8 Å². The summed E-state index contributed by atoms with van der Waals surface area (Å²) in [7, 11) is 0. The summed E-state index contributed by atoms with van der Waals surface area (Å²) >= 11 is 6.09. The van der Waals surface area contributed by atoms with E-state index in [1.807, 2.05) is 6.07 Å². The predicted octanol–water partition coefficient (Wildman–Crippen LogP) is 4.50. The van der Waals surface area contributed by atoms with E-state index in [0.29, 0.717) is 5.02 Å². The molecular formula is C15H13ClFN. The van der Waals surface area contributed by atoms with Gasteiger partial charge in [-0.2, -0.15) is 0 Å². The monoisotopic (exact) mass is 261 g/mol. The lowest BCUT2D eigenvalue weighted by Gasteiger charge is -2.19. The lowest BCUT2D eigenvalue weighted by atomic mass is 9.98. The molecule has 92 valence electrons. The van der Waals surface area contributed by atoms with Crippen LogP contribution < -0.4 is 5.32 Å². The van der Waals surface area contributed by atoms with Gasteiger partial charge in [0.25, 0.3) is 0 Å².